The zero-order valence-electron chi connectivity index (χ0n) is 22.4. The van der Waals surface area contributed by atoms with Crippen LogP contribution in [0.4, 0.5) is 11.4 Å². The van der Waals surface area contributed by atoms with Gasteiger partial charge in [-0.15, -0.1) is 0 Å². The van der Waals surface area contributed by atoms with E-state index in [2.05, 4.69) is 38.4 Å². The number of methoxy groups -OCH3 is 1. The molecule has 3 aromatic rings. The molecule has 0 amide bonds. The molecular weight excluding hydrogens is 515 g/mol. The molecule has 1 atom stereocenters. The van der Waals surface area contributed by atoms with Crippen molar-refractivity contribution in [1.29, 1.82) is 0 Å². The van der Waals surface area contributed by atoms with Gasteiger partial charge in [0.15, 0.2) is 9.84 Å². The predicted molar refractivity (Wildman–Crippen MR) is 155 cm³/mol. The van der Waals surface area contributed by atoms with Crippen molar-refractivity contribution in [1.82, 2.24) is 9.88 Å². The molecule has 0 aliphatic carbocycles. The number of likely N-dealkylation sites (tertiary alicyclic amines) is 1. The number of benzene rings is 2. The molecule has 4 rings (SSSR count). The lowest BCUT2D eigenvalue weighted by atomic mass is 10.0. The lowest BCUT2D eigenvalue weighted by Gasteiger charge is -2.34. The number of ether oxygens (including phenoxy) is 2. The maximum atomic E-state index is 11.8. The summed E-state index contributed by atoms with van der Waals surface area (Å²) >= 11 is 0. The number of sulfone groups is 1. The van der Waals surface area contributed by atoms with E-state index < -0.39 is 15.9 Å². The first-order chi connectivity index (χ1) is 18.8. The van der Waals surface area contributed by atoms with Crippen molar-refractivity contribution in [3.8, 4) is 17.6 Å². The number of rotatable bonds is 11. The molecule has 1 aromatic heterocycles. The third-order valence-electron chi connectivity index (χ3n) is 6.65. The van der Waals surface area contributed by atoms with E-state index in [-0.39, 0.29) is 11.4 Å². The molecule has 2 aromatic carbocycles. The third kappa shape index (κ3) is 7.93. The molecule has 1 aliphatic rings. The number of aliphatic hydroxyl groups excluding tert-OH is 1. The van der Waals surface area contributed by atoms with Crippen LogP contribution < -0.4 is 15.4 Å². The number of fused-ring (bicyclic) bond motifs is 1. The van der Waals surface area contributed by atoms with E-state index in [0.717, 1.165) is 54.5 Å². The number of piperidine rings is 1. The Bertz CT molecular complexity index is 1420. The zero-order chi connectivity index (χ0) is 27.8. The molecule has 9 nitrogen and oxygen atoms in total. The van der Waals surface area contributed by atoms with Crippen LogP contribution in [0.15, 0.2) is 47.4 Å². The van der Waals surface area contributed by atoms with Gasteiger partial charge in [0.1, 0.15) is 13.6 Å². The van der Waals surface area contributed by atoms with E-state index in [1.54, 1.807) is 13.2 Å². The van der Waals surface area contributed by atoms with Crippen LogP contribution in [0.2, 0.25) is 0 Å². The van der Waals surface area contributed by atoms with Crippen LogP contribution in [0.3, 0.4) is 0 Å². The topological polar surface area (TPSA) is 116 Å². The maximum absolute atomic E-state index is 11.8. The number of nitrogens with one attached hydrogen (secondary N) is 3. The second-order valence-corrected chi connectivity index (χ2v) is 11.7. The normalized spacial score (nSPS) is 15.5. The first-order valence-corrected chi connectivity index (χ1v) is 14.8. The molecule has 0 spiro atoms. The Morgan fingerprint density at radius 2 is 2.00 bits per heavy atom. The maximum Gasteiger partial charge on any atom is 0.175 e. The molecule has 1 aliphatic heterocycles. The Morgan fingerprint density at radius 3 is 2.72 bits per heavy atom. The number of β-amino-alcohol motifs (C(OH)–C–C–N with tert-alkyl or cyclic N) is 1. The largest absolute Gasteiger partial charge is 0.501 e. The fourth-order valence-electron chi connectivity index (χ4n) is 4.74. The number of hydrogen-bond acceptors (Lipinski definition) is 8. The van der Waals surface area contributed by atoms with Crippen molar-refractivity contribution in [2.24, 2.45) is 0 Å². The molecule has 206 valence electrons. The number of aromatic amines is 1. The van der Waals surface area contributed by atoms with Gasteiger partial charge in [-0.3, -0.25) is 0 Å². The quantitative estimate of drug-likeness (QED) is 0.213. The first kappa shape index (κ1) is 28.8. The van der Waals surface area contributed by atoms with Crippen molar-refractivity contribution in [2.75, 3.05) is 63.3 Å². The molecule has 2 heterocycles. The Balaban J connectivity index is 1.37. The average Bonchev–Trinajstić information content (AvgIpc) is 3.32. The minimum atomic E-state index is -3.36. The Labute approximate surface area is 231 Å². The molecule has 1 unspecified atom stereocenters. The number of H-pyrrole nitrogens is 1. The Kier molecular flexibility index (Phi) is 9.81. The van der Waals surface area contributed by atoms with Crippen LogP contribution in [-0.4, -0.2) is 96.1 Å². The molecule has 4 N–H and O–H groups in total. The average molecular weight is 550 g/mol. The van der Waals surface area contributed by atoms with E-state index in [1.807, 2.05) is 18.2 Å². The van der Waals surface area contributed by atoms with Crippen LogP contribution in [-0.2, 0) is 14.6 Å². The highest BCUT2D eigenvalue weighted by molar-refractivity contribution is 7.90. The number of nitrogens with zero attached hydrogens (tertiary/aromatic N) is 1. The van der Waals surface area contributed by atoms with E-state index in [4.69, 9.17) is 17.3 Å². The van der Waals surface area contributed by atoms with Gasteiger partial charge in [0.05, 0.1) is 35.5 Å². The van der Waals surface area contributed by atoms with Gasteiger partial charge >= 0.3 is 0 Å². The van der Waals surface area contributed by atoms with E-state index in [9.17, 15) is 13.5 Å². The lowest BCUT2D eigenvalue weighted by molar-refractivity contribution is 0.0327. The standard InChI is InChI=1S/C28H35BN4O5S/c1-37-18-22(34)17-33-13-10-20(11-14-33)31-25-6-3-7-26-24(25)15-21(32-26)5-4-12-30-27-9-8-23(39(2,35)36)16-28(27)38-19-29/h3,6-9,15-16,20,22,30-32,34H,10-14,17-19H2,1-2H3. The molecule has 0 bridgehead atoms. The van der Waals surface area contributed by atoms with Gasteiger partial charge in [-0.2, -0.15) is 0 Å². The zero-order valence-corrected chi connectivity index (χ0v) is 23.2. The highest BCUT2D eigenvalue weighted by Crippen LogP contribution is 2.28. The second kappa shape index (κ2) is 13.3. The second-order valence-electron chi connectivity index (χ2n) is 9.67. The molecule has 11 heteroatoms. The molecular formula is C28H35BN4O5S. The summed E-state index contributed by atoms with van der Waals surface area (Å²) in [6.07, 6.45) is 2.69. The third-order valence-corrected chi connectivity index (χ3v) is 7.76. The molecule has 0 saturated carbocycles. The highest BCUT2D eigenvalue weighted by Gasteiger charge is 2.21. The summed E-state index contributed by atoms with van der Waals surface area (Å²) in [6, 6.07) is 13.2. The SMILES string of the molecule is [B]COc1cc(S(C)(=O)=O)ccc1NCC#Cc1cc2c(NC3CCN(CC(O)COC)CC3)cccc2[nH]1. The molecule has 1 saturated heterocycles. The van der Waals surface area contributed by atoms with Gasteiger partial charge in [0.2, 0.25) is 0 Å². The summed E-state index contributed by atoms with van der Waals surface area (Å²) in [5.74, 6) is 6.62. The molecule has 2 radical (unpaired) electrons. The summed E-state index contributed by atoms with van der Waals surface area (Å²) in [6.45, 7) is 3.11. The Hall–Kier alpha value is -3.17. The summed E-state index contributed by atoms with van der Waals surface area (Å²) in [5.41, 5.74) is 3.49. The smallest absolute Gasteiger partial charge is 0.175 e. The number of aromatic nitrogens is 1. The van der Waals surface area contributed by atoms with E-state index in [1.165, 1.54) is 12.1 Å². The fourth-order valence-corrected chi connectivity index (χ4v) is 5.38. The summed E-state index contributed by atoms with van der Waals surface area (Å²) < 4.78 is 34.1. The van der Waals surface area contributed by atoms with Crippen LogP contribution in [0.25, 0.3) is 10.9 Å². The summed E-state index contributed by atoms with van der Waals surface area (Å²) in [4.78, 5) is 5.82. The molecule has 1 fully saturated rings. The van der Waals surface area contributed by atoms with Crippen LogP contribution in [0.5, 0.6) is 5.75 Å². The summed E-state index contributed by atoms with van der Waals surface area (Å²) in [7, 11) is 3.76. The summed E-state index contributed by atoms with van der Waals surface area (Å²) in [5, 5.41) is 17.9. The van der Waals surface area contributed by atoms with Gasteiger partial charge in [-0.25, -0.2) is 8.42 Å². The van der Waals surface area contributed by atoms with Crippen molar-refractivity contribution in [3.63, 3.8) is 0 Å². The van der Waals surface area contributed by atoms with Crippen LogP contribution >= 0.6 is 0 Å². The van der Waals surface area contributed by atoms with Gasteiger partial charge in [0, 0.05) is 68.2 Å². The molecule has 39 heavy (non-hydrogen) atoms. The van der Waals surface area contributed by atoms with Crippen LogP contribution in [0, 0.1) is 11.8 Å². The van der Waals surface area contributed by atoms with Crippen molar-refractivity contribution >= 4 is 40.0 Å². The number of anilines is 2. The van der Waals surface area contributed by atoms with E-state index >= 15 is 0 Å². The fraction of sp³-hybridized carbons (Fsp3) is 0.429. The van der Waals surface area contributed by atoms with Gasteiger partial charge < -0.3 is 35.1 Å². The predicted octanol–water partition coefficient (Wildman–Crippen LogP) is 2.42. The first-order valence-electron chi connectivity index (χ1n) is 12.9. The van der Waals surface area contributed by atoms with Crippen LogP contribution in [0.1, 0.15) is 18.5 Å². The Morgan fingerprint density at radius 1 is 1.21 bits per heavy atom. The van der Waals surface area contributed by atoms with E-state index in [0.29, 0.717) is 37.2 Å². The lowest BCUT2D eigenvalue weighted by Crippen LogP contribution is -2.43. The highest BCUT2D eigenvalue weighted by atomic mass is 32.2. The number of hydrogen-bond donors (Lipinski definition) is 4. The van der Waals surface area contributed by atoms with Crippen molar-refractivity contribution in [2.45, 2.75) is 29.9 Å². The monoisotopic (exact) mass is 550 g/mol. The number of aliphatic hydroxyl groups is 1. The van der Waals surface area contributed by atoms with Gasteiger partial charge in [0.25, 0.3) is 0 Å². The minimum Gasteiger partial charge on any atom is -0.501 e. The van der Waals surface area contributed by atoms with Crippen molar-refractivity contribution in [3.05, 3.63) is 48.2 Å². The van der Waals surface area contributed by atoms with Gasteiger partial charge in [-0.05, 0) is 49.1 Å². The minimum absolute atomic E-state index is 0.0738. The van der Waals surface area contributed by atoms with Gasteiger partial charge in [-0.1, -0.05) is 12.0 Å². The van der Waals surface area contributed by atoms with Crippen molar-refractivity contribution < 1.29 is 23.0 Å².